The molecule has 0 aromatic heterocycles. The minimum atomic E-state index is -0.650. The van der Waals surface area contributed by atoms with E-state index in [9.17, 15) is 9.59 Å². The van der Waals surface area contributed by atoms with Gasteiger partial charge >= 0.3 is 0 Å². The number of nitrogens with one attached hydrogen (secondary N) is 1. The Labute approximate surface area is 184 Å². The maximum Gasteiger partial charge on any atom is 0.261 e. The van der Waals surface area contributed by atoms with Gasteiger partial charge in [0.25, 0.3) is 5.91 Å². The van der Waals surface area contributed by atoms with Crippen LogP contribution in [0.15, 0.2) is 48.5 Å². The maximum atomic E-state index is 13.1. The maximum absolute atomic E-state index is 13.1. The number of amides is 2. The van der Waals surface area contributed by atoms with E-state index < -0.39 is 6.04 Å². The lowest BCUT2D eigenvalue weighted by molar-refractivity contribution is -0.142. The first-order valence-electron chi connectivity index (χ1n) is 10.2. The molecule has 5 nitrogen and oxygen atoms in total. The number of nitrogens with zero attached hydrogens (tertiary/aromatic N) is 1. The second-order valence-corrected chi connectivity index (χ2v) is 8.41. The monoisotopic (exact) mass is 430 g/mol. The van der Waals surface area contributed by atoms with Crippen LogP contribution in [0.3, 0.4) is 0 Å². The number of ether oxygens (including phenoxy) is 1. The van der Waals surface area contributed by atoms with Gasteiger partial charge in [0, 0.05) is 17.6 Å². The van der Waals surface area contributed by atoms with Crippen LogP contribution in [0.25, 0.3) is 0 Å². The summed E-state index contributed by atoms with van der Waals surface area (Å²) >= 11 is 6.10. The molecule has 0 heterocycles. The number of carbonyl (C=O) groups is 2. The lowest BCUT2D eigenvalue weighted by Gasteiger charge is -2.29. The van der Waals surface area contributed by atoms with Crippen molar-refractivity contribution in [3.05, 3.63) is 64.7 Å². The minimum absolute atomic E-state index is 0.0164. The van der Waals surface area contributed by atoms with E-state index in [2.05, 4.69) is 19.2 Å². The molecule has 2 aromatic carbocycles. The third kappa shape index (κ3) is 6.77. The molecule has 0 aliphatic rings. The SMILES string of the molecule is CC(C)NC(=O)C(C)N(Cc1cccc(Cl)c1)C(=O)COc1ccccc1C(C)C. The largest absolute Gasteiger partial charge is 0.483 e. The highest BCUT2D eigenvalue weighted by Gasteiger charge is 2.27. The molecular weight excluding hydrogens is 400 g/mol. The van der Waals surface area contributed by atoms with Crippen molar-refractivity contribution >= 4 is 23.4 Å². The summed E-state index contributed by atoms with van der Waals surface area (Å²) in [5.74, 6) is 0.486. The molecule has 0 aliphatic heterocycles. The summed E-state index contributed by atoms with van der Waals surface area (Å²) in [5, 5.41) is 3.46. The molecule has 2 amide bonds. The molecule has 0 saturated carbocycles. The minimum Gasteiger partial charge on any atom is -0.483 e. The molecule has 1 N–H and O–H groups in total. The highest BCUT2D eigenvalue weighted by Crippen LogP contribution is 2.26. The standard InChI is InChI=1S/C24H31ClN2O3/c1-16(2)21-11-6-7-12-22(21)30-15-23(28)27(18(5)24(29)26-17(3)4)14-19-9-8-10-20(25)13-19/h6-13,16-18H,14-15H2,1-5H3,(H,26,29). The highest BCUT2D eigenvalue weighted by molar-refractivity contribution is 6.30. The molecule has 2 rings (SSSR count). The van der Waals surface area contributed by atoms with Crippen molar-refractivity contribution in [1.82, 2.24) is 10.2 Å². The van der Waals surface area contributed by atoms with Crippen LogP contribution in [0.1, 0.15) is 51.7 Å². The van der Waals surface area contributed by atoms with Crippen LogP contribution in [-0.2, 0) is 16.1 Å². The molecule has 30 heavy (non-hydrogen) atoms. The molecule has 162 valence electrons. The smallest absolute Gasteiger partial charge is 0.261 e. The topological polar surface area (TPSA) is 58.6 Å². The summed E-state index contributed by atoms with van der Waals surface area (Å²) in [7, 11) is 0. The second-order valence-electron chi connectivity index (χ2n) is 7.97. The first-order valence-corrected chi connectivity index (χ1v) is 10.6. The van der Waals surface area contributed by atoms with Gasteiger partial charge in [0.1, 0.15) is 11.8 Å². The Morgan fingerprint density at radius 2 is 1.73 bits per heavy atom. The van der Waals surface area contributed by atoms with Gasteiger partial charge in [-0.1, -0.05) is 55.8 Å². The zero-order valence-corrected chi connectivity index (χ0v) is 19.1. The molecule has 0 bridgehead atoms. The predicted molar refractivity (Wildman–Crippen MR) is 121 cm³/mol. The Hall–Kier alpha value is -2.53. The quantitative estimate of drug-likeness (QED) is 0.622. The van der Waals surface area contributed by atoms with Crippen LogP contribution in [0.4, 0.5) is 0 Å². The lowest BCUT2D eigenvalue weighted by Crippen LogP contribution is -2.50. The zero-order valence-electron chi connectivity index (χ0n) is 18.3. The van der Waals surface area contributed by atoms with Gasteiger partial charge < -0.3 is 15.0 Å². The number of carbonyl (C=O) groups excluding carboxylic acids is 2. The Morgan fingerprint density at radius 1 is 1.03 bits per heavy atom. The van der Waals surface area contributed by atoms with E-state index in [1.807, 2.05) is 50.2 Å². The van der Waals surface area contributed by atoms with Crippen molar-refractivity contribution in [1.29, 1.82) is 0 Å². The van der Waals surface area contributed by atoms with Crippen molar-refractivity contribution in [3.63, 3.8) is 0 Å². The molecule has 1 atom stereocenters. The van der Waals surface area contributed by atoms with Gasteiger partial charge in [-0.25, -0.2) is 0 Å². The summed E-state index contributed by atoms with van der Waals surface area (Å²) in [6, 6.07) is 14.3. The Balaban J connectivity index is 2.20. The fourth-order valence-electron chi connectivity index (χ4n) is 3.13. The molecule has 6 heteroatoms. The van der Waals surface area contributed by atoms with Crippen molar-refractivity contribution in [2.75, 3.05) is 6.61 Å². The van der Waals surface area contributed by atoms with Crippen LogP contribution < -0.4 is 10.1 Å². The van der Waals surface area contributed by atoms with E-state index in [1.54, 1.807) is 19.1 Å². The molecule has 0 aliphatic carbocycles. The number of hydrogen-bond donors (Lipinski definition) is 1. The fourth-order valence-corrected chi connectivity index (χ4v) is 3.34. The van der Waals surface area contributed by atoms with Gasteiger partial charge in [0.05, 0.1) is 0 Å². The fraction of sp³-hybridized carbons (Fsp3) is 0.417. The lowest BCUT2D eigenvalue weighted by atomic mass is 10.0. The summed E-state index contributed by atoms with van der Waals surface area (Å²) in [4.78, 5) is 27.2. The molecule has 2 aromatic rings. The first-order chi connectivity index (χ1) is 14.2. The van der Waals surface area contributed by atoms with Crippen molar-refractivity contribution in [3.8, 4) is 5.75 Å². The van der Waals surface area contributed by atoms with Crippen LogP contribution >= 0.6 is 11.6 Å². The normalized spacial score (nSPS) is 12.0. The van der Waals surface area contributed by atoms with Gasteiger partial charge in [0.15, 0.2) is 6.61 Å². The number of halogens is 1. The molecular formula is C24H31ClN2O3. The Kier molecular flexibility index (Phi) is 8.72. The summed E-state index contributed by atoms with van der Waals surface area (Å²) in [6.45, 7) is 9.77. The number of para-hydroxylation sites is 1. The molecule has 0 radical (unpaired) electrons. The van der Waals surface area contributed by atoms with Gasteiger partial charge in [0.2, 0.25) is 5.91 Å². The van der Waals surface area contributed by atoms with Crippen LogP contribution in [-0.4, -0.2) is 35.4 Å². The van der Waals surface area contributed by atoms with E-state index >= 15 is 0 Å². The van der Waals surface area contributed by atoms with Gasteiger partial charge in [-0.2, -0.15) is 0 Å². The van der Waals surface area contributed by atoms with Crippen molar-refractivity contribution in [2.45, 2.75) is 59.2 Å². The Bertz CT molecular complexity index is 867. The summed E-state index contributed by atoms with van der Waals surface area (Å²) < 4.78 is 5.86. The predicted octanol–water partition coefficient (Wildman–Crippen LogP) is 4.78. The highest BCUT2D eigenvalue weighted by atomic mass is 35.5. The molecule has 0 saturated heterocycles. The van der Waals surface area contributed by atoms with E-state index in [0.29, 0.717) is 10.8 Å². The van der Waals surface area contributed by atoms with Gasteiger partial charge in [-0.05, 0) is 56.0 Å². The molecule has 0 fully saturated rings. The van der Waals surface area contributed by atoms with Crippen LogP contribution in [0.5, 0.6) is 5.75 Å². The van der Waals surface area contributed by atoms with Crippen molar-refractivity contribution < 1.29 is 14.3 Å². The average molecular weight is 431 g/mol. The third-order valence-corrected chi connectivity index (χ3v) is 4.97. The first kappa shape index (κ1) is 23.7. The van der Waals surface area contributed by atoms with Gasteiger partial charge in [-0.15, -0.1) is 0 Å². The van der Waals surface area contributed by atoms with E-state index in [1.165, 1.54) is 4.90 Å². The van der Waals surface area contributed by atoms with Gasteiger partial charge in [-0.3, -0.25) is 9.59 Å². The molecule has 1 unspecified atom stereocenters. The number of benzene rings is 2. The van der Waals surface area contributed by atoms with E-state index in [0.717, 1.165) is 11.1 Å². The summed E-state index contributed by atoms with van der Waals surface area (Å²) in [5.41, 5.74) is 1.89. The van der Waals surface area contributed by atoms with E-state index in [4.69, 9.17) is 16.3 Å². The second kappa shape index (κ2) is 11.0. The van der Waals surface area contributed by atoms with Crippen LogP contribution in [0, 0.1) is 0 Å². The number of hydrogen-bond acceptors (Lipinski definition) is 3. The summed E-state index contributed by atoms with van der Waals surface area (Å²) in [6.07, 6.45) is 0. The molecule has 0 spiro atoms. The van der Waals surface area contributed by atoms with Crippen molar-refractivity contribution in [2.24, 2.45) is 0 Å². The number of rotatable bonds is 9. The third-order valence-electron chi connectivity index (χ3n) is 4.73. The van der Waals surface area contributed by atoms with Crippen LogP contribution in [0.2, 0.25) is 5.02 Å². The van der Waals surface area contributed by atoms with E-state index in [-0.39, 0.29) is 36.9 Å². The Morgan fingerprint density at radius 3 is 2.37 bits per heavy atom. The average Bonchev–Trinajstić information content (AvgIpc) is 2.69. The zero-order chi connectivity index (χ0) is 22.3.